The van der Waals surface area contributed by atoms with E-state index in [1.807, 2.05) is 0 Å². The molecule has 35 heavy (non-hydrogen) atoms. The molecule has 0 bridgehead atoms. The van der Waals surface area contributed by atoms with Crippen LogP contribution in [0.15, 0.2) is 0 Å². The Morgan fingerprint density at radius 3 is 2.37 bits per heavy atom. The zero-order chi connectivity index (χ0) is 26.5. The largest absolute Gasteiger partial charge is 0.522 e. The second-order valence-electron chi connectivity index (χ2n) is 9.61. The Bertz CT molecular complexity index is 892. The highest BCUT2D eigenvalue weighted by molar-refractivity contribution is 5.95. The Hall–Kier alpha value is -2.42. The maximum absolute atomic E-state index is 13.1. The number of fused-ring (bicyclic) bond motifs is 1. The first-order valence-electron chi connectivity index (χ1n) is 10.8. The number of nitrogens with zero attached hydrogens (tertiary/aromatic N) is 1. The number of Topliss-reactive ketones (excluding diaryl/α,β-unsaturated/α-hetero) is 1. The Balaban J connectivity index is 1.80. The fourth-order valence-corrected chi connectivity index (χ4v) is 5.05. The van der Waals surface area contributed by atoms with Gasteiger partial charge in [0, 0.05) is 19.0 Å². The summed E-state index contributed by atoms with van der Waals surface area (Å²) in [6, 6.07) is -3.11. The number of hydrogen-bond donors (Lipinski definition) is 3. The average Bonchev–Trinajstić information content (AvgIpc) is 3.10. The van der Waals surface area contributed by atoms with E-state index in [9.17, 15) is 50.6 Å². The summed E-state index contributed by atoms with van der Waals surface area (Å²) in [5.41, 5.74) is -0.536. The zero-order valence-electron chi connectivity index (χ0n) is 18.7. The number of alkyl halides is 6. The second-order valence-corrected chi connectivity index (χ2v) is 9.61. The Morgan fingerprint density at radius 1 is 1.23 bits per heavy atom. The van der Waals surface area contributed by atoms with Crippen LogP contribution in [0.3, 0.4) is 0 Å². The van der Waals surface area contributed by atoms with Gasteiger partial charge in [0.2, 0.25) is 17.9 Å². The number of halogens is 6. The number of rotatable bonds is 8. The van der Waals surface area contributed by atoms with Crippen LogP contribution in [0.2, 0.25) is 0 Å². The fourth-order valence-electron chi connectivity index (χ4n) is 5.05. The van der Waals surface area contributed by atoms with Crippen LogP contribution < -0.4 is 10.6 Å². The number of piperidine rings is 1. The number of hydrogen-bond acceptors (Lipinski definition) is 6. The lowest BCUT2D eigenvalue weighted by atomic mass is 9.94. The molecule has 3 fully saturated rings. The predicted molar refractivity (Wildman–Crippen MR) is 103 cm³/mol. The SMILES string of the molecule is CC1(C)[C@@H]2[C@@H](C(=O)NC(C[C@@H]3CCNC3=O)C(=O)COC(F)(F)F)N(C(=O)C(O)C(F)(F)F)C[C@@H]21. The molecule has 3 N–H and O–H groups in total. The van der Waals surface area contributed by atoms with Crippen LogP contribution in [-0.4, -0.2) is 83.9 Å². The van der Waals surface area contributed by atoms with Gasteiger partial charge in [0.25, 0.3) is 5.91 Å². The first-order valence-corrected chi connectivity index (χ1v) is 10.8. The molecular weight excluding hydrogens is 492 g/mol. The van der Waals surface area contributed by atoms with Gasteiger partial charge in [0.1, 0.15) is 12.6 Å². The molecule has 0 aromatic rings. The fraction of sp³-hybridized carbons (Fsp3) is 0.800. The molecule has 198 valence electrons. The molecule has 1 aliphatic carbocycles. The monoisotopic (exact) mass is 517 g/mol. The first kappa shape index (κ1) is 27.2. The van der Waals surface area contributed by atoms with Crippen LogP contribution in [0.1, 0.15) is 26.7 Å². The molecule has 0 aromatic heterocycles. The van der Waals surface area contributed by atoms with Crippen LogP contribution in [0.25, 0.3) is 0 Å². The maximum atomic E-state index is 13.1. The van der Waals surface area contributed by atoms with Gasteiger partial charge in [-0.15, -0.1) is 13.2 Å². The lowest BCUT2D eigenvalue weighted by Gasteiger charge is -2.33. The Morgan fingerprint density at radius 2 is 1.86 bits per heavy atom. The standard InChI is InChI=1S/C20H25F6N3O6/c1-18(2)9-6-29(17(34)14(31)19(21,22)23)13(12(9)18)16(33)28-10(5-8-3-4-27-15(8)32)11(30)7-35-20(24,25)26/h8-10,12-14,31H,3-7H2,1-2H3,(H,27,32)(H,28,33)/t8-,9-,10?,12-,13-,14?/m0/s1. The number of carbonyl (C=O) groups excluding carboxylic acids is 4. The van der Waals surface area contributed by atoms with E-state index in [4.69, 9.17) is 0 Å². The van der Waals surface area contributed by atoms with Crippen molar-refractivity contribution in [1.29, 1.82) is 0 Å². The zero-order valence-corrected chi connectivity index (χ0v) is 18.7. The summed E-state index contributed by atoms with van der Waals surface area (Å²) in [6.45, 7) is 2.01. The molecule has 9 nitrogen and oxygen atoms in total. The van der Waals surface area contributed by atoms with Gasteiger partial charge in [-0.25, -0.2) is 0 Å². The average molecular weight is 517 g/mol. The number of carbonyl (C=O) groups is 4. The number of ether oxygens (including phenoxy) is 1. The molecule has 15 heteroatoms. The highest BCUT2D eigenvalue weighted by atomic mass is 19.4. The van der Waals surface area contributed by atoms with E-state index in [1.54, 1.807) is 13.8 Å². The summed E-state index contributed by atoms with van der Waals surface area (Å²) in [6.07, 6.45) is -13.9. The van der Waals surface area contributed by atoms with Crippen molar-refractivity contribution in [1.82, 2.24) is 15.5 Å². The Kier molecular flexibility index (Phi) is 7.16. The minimum Gasteiger partial charge on any atom is -0.376 e. The molecule has 2 unspecified atom stereocenters. The van der Waals surface area contributed by atoms with Crippen LogP contribution in [0.5, 0.6) is 0 Å². The number of aliphatic hydroxyl groups is 1. The van der Waals surface area contributed by atoms with E-state index in [2.05, 4.69) is 15.4 Å². The van der Waals surface area contributed by atoms with Crippen LogP contribution >= 0.6 is 0 Å². The van der Waals surface area contributed by atoms with E-state index < -0.39 is 78.1 Å². The molecule has 2 aliphatic heterocycles. The first-order chi connectivity index (χ1) is 15.9. The third-order valence-corrected chi connectivity index (χ3v) is 7.07. The number of likely N-dealkylation sites (tertiary alicyclic amines) is 1. The molecule has 2 heterocycles. The molecule has 6 atom stereocenters. The molecule has 0 aromatic carbocycles. The summed E-state index contributed by atoms with van der Waals surface area (Å²) in [5, 5.41) is 14.1. The van der Waals surface area contributed by atoms with Gasteiger partial charge in [-0.05, 0) is 30.1 Å². The van der Waals surface area contributed by atoms with Crippen molar-refractivity contribution >= 4 is 23.5 Å². The summed E-state index contributed by atoms with van der Waals surface area (Å²) in [5.74, 6) is -6.21. The van der Waals surface area contributed by atoms with Crippen molar-refractivity contribution in [2.24, 2.45) is 23.2 Å². The molecule has 3 rings (SSSR count). The van der Waals surface area contributed by atoms with Crippen molar-refractivity contribution in [2.45, 2.75) is 57.4 Å². The number of nitrogens with one attached hydrogen (secondary N) is 2. The smallest absolute Gasteiger partial charge is 0.376 e. The molecule has 0 spiro atoms. The van der Waals surface area contributed by atoms with Gasteiger partial charge in [0.15, 0.2) is 5.78 Å². The van der Waals surface area contributed by atoms with Crippen molar-refractivity contribution < 1.29 is 55.4 Å². The third kappa shape index (κ3) is 5.71. The van der Waals surface area contributed by atoms with Gasteiger partial charge in [-0.1, -0.05) is 13.8 Å². The second kappa shape index (κ2) is 9.22. The minimum absolute atomic E-state index is 0.247. The van der Waals surface area contributed by atoms with Gasteiger partial charge in [-0.3, -0.25) is 23.9 Å². The van der Waals surface area contributed by atoms with Crippen molar-refractivity contribution in [3.8, 4) is 0 Å². The number of ketones is 1. The molecule has 0 radical (unpaired) electrons. The van der Waals surface area contributed by atoms with Gasteiger partial charge >= 0.3 is 12.5 Å². The quantitative estimate of drug-likeness (QED) is 0.403. The molecule has 3 aliphatic rings. The van der Waals surface area contributed by atoms with Crippen LogP contribution in [0.4, 0.5) is 26.3 Å². The number of amides is 3. The molecule has 1 saturated carbocycles. The maximum Gasteiger partial charge on any atom is 0.522 e. The van der Waals surface area contributed by atoms with Crippen molar-refractivity contribution in [3.63, 3.8) is 0 Å². The topological polar surface area (TPSA) is 125 Å². The molecular formula is C20H25F6N3O6. The van der Waals surface area contributed by atoms with Crippen molar-refractivity contribution in [3.05, 3.63) is 0 Å². The normalized spacial score (nSPS) is 29.3. The minimum atomic E-state index is -5.27. The lowest BCUT2D eigenvalue weighted by Crippen LogP contribution is -2.57. The molecule has 2 saturated heterocycles. The van der Waals surface area contributed by atoms with E-state index in [1.165, 1.54) is 0 Å². The molecule has 3 amide bonds. The summed E-state index contributed by atoms with van der Waals surface area (Å²) >= 11 is 0. The van der Waals surface area contributed by atoms with Gasteiger partial charge < -0.3 is 20.6 Å². The predicted octanol–water partition coefficient (Wildman–Crippen LogP) is 0.509. The highest BCUT2D eigenvalue weighted by Crippen LogP contribution is 2.65. The van der Waals surface area contributed by atoms with Gasteiger partial charge in [0.05, 0.1) is 6.04 Å². The van der Waals surface area contributed by atoms with Gasteiger partial charge in [-0.2, -0.15) is 13.2 Å². The summed E-state index contributed by atoms with van der Waals surface area (Å²) < 4.78 is 79.6. The highest BCUT2D eigenvalue weighted by Gasteiger charge is 2.70. The van der Waals surface area contributed by atoms with E-state index in [0.717, 1.165) is 0 Å². The third-order valence-electron chi connectivity index (χ3n) is 7.07. The van der Waals surface area contributed by atoms with E-state index in [-0.39, 0.29) is 31.8 Å². The van der Waals surface area contributed by atoms with Crippen molar-refractivity contribution in [2.75, 3.05) is 19.7 Å². The lowest BCUT2D eigenvalue weighted by molar-refractivity contribution is -0.321. The summed E-state index contributed by atoms with van der Waals surface area (Å²) in [7, 11) is 0. The number of aliphatic hydroxyl groups excluding tert-OH is 1. The van der Waals surface area contributed by atoms with E-state index >= 15 is 0 Å². The Labute approximate surface area is 195 Å². The summed E-state index contributed by atoms with van der Waals surface area (Å²) in [4.78, 5) is 50.5. The van der Waals surface area contributed by atoms with Crippen LogP contribution in [0, 0.1) is 23.2 Å². The van der Waals surface area contributed by atoms with Crippen LogP contribution in [-0.2, 0) is 23.9 Å². The van der Waals surface area contributed by atoms with E-state index in [0.29, 0.717) is 4.90 Å².